The zero-order valence-electron chi connectivity index (χ0n) is 17.0. The molecule has 0 saturated carbocycles. The number of phenols is 1. The number of aliphatic hydroxyl groups excluding tert-OH is 1. The van der Waals surface area contributed by atoms with Crippen molar-refractivity contribution >= 4 is 5.78 Å². The van der Waals surface area contributed by atoms with Crippen LogP contribution in [0.5, 0.6) is 17.2 Å². The second-order valence-corrected chi connectivity index (χ2v) is 8.50. The molecule has 1 unspecified atom stereocenters. The zero-order valence-corrected chi connectivity index (χ0v) is 17.0. The molecule has 0 fully saturated rings. The van der Waals surface area contributed by atoms with E-state index in [4.69, 9.17) is 9.47 Å². The first-order chi connectivity index (χ1) is 13.9. The Balaban J connectivity index is 1.58. The summed E-state index contributed by atoms with van der Waals surface area (Å²) in [6.45, 7) is 0.959. The van der Waals surface area contributed by atoms with Crippen molar-refractivity contribution in [3.05, 3.63) is 52.6 Å². The highest BCUT2D eigenvalue weighted by Crippen LogP contribution is 2.47. The molecule has 6 heteroatoms. The Kier molecular flexibility index (Phi) is 5.23. The van der Waals surface area contributed by atoms with Crippen molar-refractivity contribution in [2.24, 2.45) is 0 Å². The number of aryl methyl sites for hydroxylation is 1. The topological polar surface area (TPSA) is 76.0 Å². The maximum Gasteiger partial charge on any atom is 0.231 e. The number of benzene rings is 2. The number of phenolic OH excluding ortho intramolecular Hbond substituents is 1. The van der Waals surface area contributed by atoms with E-state index in [1.165, 1.54) is 0 Å². The SMILES string of the molecule is C[N+]1(C)CCc2cc3c(c(CO)c2C1CC(=O)CCc1ccc(O)cc1)OCO3. The number of aromatic hydroxyl groups is 1. The van der Waals surface area contributed by atoms with Gasteiger partial charge in [0.1, 0.15) is 17.6 Å². The van der Waals surface area contributed by atoms with Gasteiger partial charge in [-0.25, -0.2) is 0 Å². The lowest BCUT2D eigenvalue weighted by molar-refractivity contribution is -0.922. The number of carbonyl (C=O) groups excluding carboxylic acids is 1. The van der Waals surface area contributed by atoms with Gasteiger partial charge < -0.3 is 24.2 Å². The maximum atomic E-state index is 12.9. The van der Waals surface area contributed by atoms with Gasteiger partial charge in [-0.05, 0) is 35.7 Å². The van der Waals surface area contributed by atoms with Gasteiger partial charge in [0, 0.05) is 24.0 Å². The second-order valence-electron chi connectivity index (χ2n) is 8.50. The fourth-order valence-electron chi connectivity index (χ4n) is 4.49. The lowest BCUT2D eigenvalue weighted by Gasteiger charge is -2.43. The van der Waals surface area contributed by atoms with Crippen molar-refractivity contribution in [1.82, 2.24) is 0 Å². The van der Waals surface area contributed by atoms with E-state index in [9.17, 15) is 15.0 Å². The largest absolute Gasteiger partial charge is 0.508 e. The Bertz CT molecular complexity index is 920. The minimum atomic E-state index is -0.132. The molecular formula is C23H28NO5+. The molecule has 0 saturated heterocycles. The first-order valence-electron chi connectivity index (χ1n) is 10.1. The van der Waals surface area contributed by atoms with Crippen molar-refractivity contribution < 1.29 is 29.0 Å². The number of hydrogen-bond donors (Lipinski definition) is 2. The normalized spacial score (nSPS) is 19.1. The summed E-state index contributed by atoms with van der Waals surface area (Å²) in [6.07, 6.45) is 2.41. The molecule has 2 aromatic carbocycles. The number of carbonyl (C=O) groups is 1. The quantitative estimate of drug-likeness (QED) is 0.732. The minimum Gasteiger partial charge on any atom is -0.508 e. The Hall–Kier alpha value is -2.57. The van der Waals surface area contributed by atoms with Gasteiger partial charge in [0.05, 0.1) is 33.7 Å². The summed E-state index contributed by atoms with van der Waals surface area (Å²) >= 11 is 0. The summed E-state index contributed by atoms with van der Waals surface area (Å²) in [7, 11) is 4.29. The van der Waals surface area contributed by atoms with Gasteiger partial charge in [0.25, 0.3) is 0 Å². The number of ketones is 1. The summed E-state index contributed by atoms with van der Waals surface area (Å²) in [4.78, 5) is 12.9. The molecule has 0 spiro atoms. The molecule has 4 rings (SSSR count). The van der Waals surface area contributed by atoms with Gasteiger partial charge in [-0.15, -0.1) is 0 Å². The lowest BCUT2D eigenvalue weighted by atomic mass is 9.83. The lowest BCUT2D eigenvalue weighted by Crippen LogP contribution is -2.49. The molecule has 2 aliphatic rings. The molecule has 154 valence electrons. The first kappa shape index (κ1) is 19.7. The van der Waals surface area contributed by atoms with Crippen molar-refractivity contribution in [1.29, 1.82) is 0 Å². The van der Waals surface area contributed by atoms with Crippen LogP contribution in [-0.2, 0) is 24.2 Å². The van der Waals surface area contributed by atoms with E-state index in [0.29, 0.717) is 35.2 Å². The molecule has 1 atom stereocenters. The Morgan fingerprint density at radius 1 is 1.21 bits per heavy atom. The molecule has 2 aliphatic heterocycles. The Morgan fingerprint density at radius 2 is 1.97 bits per heavy atom. The number of hydrogen-bond acceptors (Lipinski definition) is 5. The predicted octanol–water partition coefficient (Wildman–Crippen LogP) is 2.88. The van der Waals surface area contributed by atoms with Gasteiger partial charge >= 0.3 is 0 Å². The molecule has 2 heterocycles. The van der Waals surface area contributed by atoms with E-state index in [0.717, 1.165) is 35.2 Å². The zero-order chi connectivity index (χ0) is 20.6. The molecule has 6 nitrogen and oxygen atoms in total. The number of aliphatic hydroxyl groups is 1. The first-order valence-corrected chi connectivity index (χ1v) is 10.1. The number of nitrogens with zero attached hydrogens (tertiary/aromatic N) is 1. The van der Waals surface area contributed by atoms with Crippen molar-refractivity contribution in [2.75, 3.05) is 27.4 Å². The summed E-state index contributed by atoms with van der Waals surface area (Å²) in [5.74, 6) is 1.74. The highest BCUT2D eigenvalue weighted by molar-refractivity contribution is 5.79. The van der Waals surface area contributed by atoms with Gasteiger partial charge in [0.2, 0.25) is 6.79 Å². The van der Waals surface area contributed by atoms with Crippen LogP contribution in [0.4, 0.5) is 0 Å². The monoisotopic (exact) mass is 398 g/mol. The third-order valence-electron chi connectivity index (χ3n) is 6.23. The van der Waals surface area contributed by atoms with Crippen molar-refractivity contribution in [2.45, 2.75) is 38.3 Å². The summed E-state index contributed by atoms with van der Waals surface area (Å²) in [5, 5.41) is 19.5. The number of likely N-dealkylation sites (N-methyl/N-ethyl adjacent to an activating group) is 1. The van der Waals surface area contributed by atoms with E-state index in [1.807, 2.05) is 18.2 Å². The van der Waals surface area contributed by atoms with Crippen molar-refractivity contribution in [3.63, 3.8) is 0 Å². The average Bonchev–Trinajstić information content (AvgIpc) is 3.16. The van der Waals surface area contributed by atoms with Gasteiger partial charge in [-0.1, -0.05) is 12.1 Å². The van der Waals surface area contributed by atoms with E-state index in [1.54, 1.807) is 12.1 Å². The van der Waals surface area contributed by atoms with E-state index >= 15 is 0 Å². The van der Waals surface area contributed by atoms with Crippen LogP contribution in [0.25, 0.3) is 0 Å². The van der Waals surface area contributed by atoms with Gasteiger partial charge in [-0.2, -0.15) is 0 Å². The number of ether oxygens (including phenoxy) is 2. The van der Waals surface area contributed by atoms with Crippen LogP contribution in [0, 0.1) is 0 Å². The molecule has 29 heavy (non-hydrogen) atoms. The fourth-order valence-corrected chi connectivity index (χ4v) is 4.49. The third kappa shape index (κ3) is 3.82. The van der Waals surface area contributed by atoms with Crippen LogP contribution in [-0.4, -0.2) is 47.9 Å². The molecule has 0 aromatic heterocycles. The molecular weight excluding hydrogens is 370 g/mol. The Labute approximate surface area is 170 Å². The number of Topliss-reactive ketones (excluding diaryl/α,β-unsaturated/α-hetero) is 1. The van der Waals surface area contributed by atoms with Crippen LogP contribution in [0.15, 0.2) is 30.3 Å². The third-order valence-corrected chi connectivity index (χ3v) is 6.23. The number of quaternary nitrogens is 1. The average molecular weight is 398 g/mol. The predicted molar refractivity (Wildman–Crippen MR) is 108 cm³/mol. The maximum absolute atomic E-state index is 12.9. The molecule has 0 bridgehead atoms. The molecule has 0 radical (unpaired) electrons. The smallest absolute Gasteiger partial charge is 0.231 e. The van der Waals surface area contributed by atoms with Crippen LogP contribution in [0.3, 0.4) is 0 Å². The Morgan fingerprint density at radius 3 is 2.69 bits per heavy atom. The van der Waals surface area contributed by atoms with E-state index < -0.39 is 0 Å². The highest BCUT2D eigenvalue weighted by atomic mass is 16.7. The van der Waals surface area contributed by atoms with Crippen LogP contribution < -0.4 is 9.47 Å². The summed E-state index contributed by atoms with van der Waals surface area (Å²) in [6, 6.07) is 8.99. The molecule has 0 aliphatic carbocycles. The molecule has 0 amide bonds. The van der Waals surface area contributed by atoms with Gasteiger partial charge in [0.15, 0.2) is 11.5 Å². The number of fused-ring (bicyclic) bond motifs is 2. The minimum absolute atomic E-state index is 0.0253. The van der Waals surface area contributed by atoms with E-state index in [2.05, 4.69) is 14.1 Å². The van der Waals surface area contributed by atoms with Crippen molar-refractivity contribution in [3.8, 4) is 17.2 Å². The fraction of sp³-hybridized carbons (Fsp3) is 0.435. The summed E-state index contributed by atoms with van der Waals surface area (Å²) in [5.41, 5.74) is 3.99. The van der Waals surface area contributed by atoms with Crippen LogP contribution in [0.2, 0.25) is 0 Å². The highest BCUT2D eigenvalue weighted by Gasteiger charge is 2.41. The molecule has 2 aromatic rings. The number of rotatable bonds is 6. The van der Waals surface area contributed by atoms with Crippen LogP contribution in [0.1, 0.15) is 41.1 Å². The standard InChI is InChI=1S/C23H27NO5/c1-24(2)10-9-16-11-21-23(29-14-28-21)19(13-25)22(16)20(24)12-18(27)8-5-15-3-6-17(26)7-4-15/h3-4,6-7,11,20,25H,5,8-10,12-14H2,1-2H3/p+1. The van der Waals surface area contributed by atoms with Crippen LogP contribution >= 0.6 is 0 Å². The second kappa shape index (κ2) is 7.69. The van der Waals surface area contributed by atoms with E-state index in [-0.39, 0.29) is 31.0 Å². The molecule has 2 N–H and O–H groups in total. The summed E-state index contributed by atoms with van der Waals surface area (Å²) < 4.78 is 11.9. The van der Waals surface area contributed by atoms with Gasteiger partial charge in [-0.3, -0.25) is 4.79 Å².